The van der Waals surface area contributed by atoms with Gasteiger partial charge in [-0.1, -0.05) is 43.3 Å². The molecule has 2 aromatic carbocycles. The Kier molecular flexibility index (Phi) is 7.47. The molecule has 0 aliphatic carbocycles. The van der Waals surface area contributed by atoms with Crippen LogP contribution in [0.15, 0.2) is 60.7 Å². The van der Waals surface area contributed by atoms with Crippen molar-refractivity contribution in [1.29, 1.82) is 0 Å². The van der Waals surface area contributed by atoms with Crippen molar-refractivity contribution in [3.63, 3.8) is 0 Å². The van der Waals surface area contributed by atoms with Gasteiger partial charge in [0.15, 0.2) is 0 Å². The van der Waals surface area contributed by atoms with Gasteiger partial charge >= 0.3 is 0 Å². The summed E-state index contributed by atoms with van der Waals surface area (Å²) in [6.45, 7) is 7.35. The van der Waals surface area contributed by atoms with Crippen LogP contribution in [0.4, 0.5) is 5.69 Å². The zero-order valence-corrected chi connectivity index (χ0v) is 14.2. The molecule has 2 rings (SSSR count). The summed E-state index contributed by atoms with van der Waals surface area (Å²) < 4.78 is 11.6. The van der Waals surface area contributed by atoms with Gasteiger partial charge in [0.1, 0.15) is 12.4 Å². The normalized spacial score (nSPS) is 11.9. The molecule has 1 atom stereocenters. The topological polar surface area (TPSA) is 21.7 Å². The van der Waals surface area contributed by atoms with Gasteiger partial charge in [0.2, 0.25) is 0 Å². The number of hydrogen-bond donors (Lipinski definition) is 0. The Morgan fingerprint density at radius 2 is 1.48 bits per heavy atom. The molecule has 0 N–H and O–H groups in total. The Bertz CT molecular complexity index is 530. The highest BCUT2D eigenvalue weighted by Crippen LogP contribution is 2.14. The Balaban J connectivity index is 1.86. The molecule has 0 aliphatic heterocycles. The highest BCUT2D eigenvalue weighted by atomic mass is 16.5. The minimum Gasteiger partial charge on any atom is -0.492 e. The van der Waals surface area contributed by atoms with Gasteiger partial charge in [0, 0.05) is 12.2 Å². The van der Waals surface area contributed by atoms with E-state index in [1.165, 1.54) is 5.69 Å². The van der Waals surface area contributed by atoms with Crippen LogP contribution in [-0.2, 0) is 4.74 Å². The van der Waals surface area contributed by atoms with Gasteiger partial charge in [-0.15, -0.1) is 0 Å². The van der Waals surface area contributed by atoms with Crippen LogP contribution in [0.1, 0.15) is 20.3 Å². The van der Waals surface area contributed by atoms with E-state index < -0.39 is 0 Å². The van der Waals surface area contributed by atoms with Crippen molar-refractivity contribution in [3.05, 3.63) is 60.7 Å². The Hall–Kier alpha value is -2.00. The molecule has 124 valence electrons. The minimum absolute atomic E-state index is 0.313. The van der Waals surface area contributed by atoms with Crippen LogP contribution >= 0.6 is 0 Å². The monoisotopic (exact) mass is 313 g/mol. The maximum Gasteiger partial charge on any atom is 0.119 e. The summed E-state index contributed by atoms with van der Waals surface area (Å²) in [5, 5.41) is 0. The van der Waals surface area contributed by atoms with Gasteiger partial charge in [-0.25, -0.2) is 0 Å². The SMILES string of the molecule is CCC(C)OCCN(CCOc1ccccc1)c1ccccc1. The van der Waals surface area contributed by atoms with Crippen molar-refractivity contribution < 1.29 is 9.47 Å². The Morgan fingerprint density at radius 3 is 2.13 bits per heavy atom. The summed E-state index contributed by atoms with van der Waals surface area (Å²) in [6.07, 6.45) is 1.36. The lowest BCUT2D eigenvalue weighted by Gasteiger charge is -2.25. The van der Waals surface area contributed by atoms with E-state index in [1.807, 2.05) is 36.4 Å². The number of benzene rings is 2. The lowest BCUT2D eigenvalue weighted by molar-refractivity contribution is 0.0683. The second-order valence-corrected chi connectivity index (χ2v) is 5.57. The molecule has 0 saturated heterocycles. The number of anilines is 1. The van der Waals surface area contributed by atoms with Crippen LogP contribution in [0.25, 0.3) is 0 Å². The zero-order chi connectivity index (χ0) is 16.3. The highest BCUT2D eigenvalue weighted by molar-refractivity contribution is 5.45. The maximum atomic E-state index is 5.83. The van der Waals surface area contributed by atoms with E-state index >= 15 is 0 Å². The number of ether oxygens (including phenoxy) is 2. The first kappa shape index (κ1) is 17.4. The zero-order valence-electron chi connectivity index (χ0n) is 14.2. The van der Waals surface area contributed by atoms with E-state index in [1.54, 1.807) is 0 Å². The van der Waals surface area contributed by atoms with Gasteiger partial charge in [-0.2, -0.15) is 0 Å². The van der Waals surface area contributed by atoms with E-state index in [2.05, 4.69) is 43.0 Å². The summed E-state index contributed by atoms with van der Waals surface area (Å²) in [7, 11) is 0. The molecule has 1 unspecified atom stereocenters. The smallest absolute Gasteiger partial charge is 0.119 e. The van der Waals surface area contributed by atoms with E-state index in [9.17, 15) is 0 Å². The van der Waals surface area contributed by atoms with Crippen molar-refractivity contribution in [3.8, 4) is 5.75 Å². The average molecular weight is 313 g/mol. The molecule has 0 amide bonds. The van der Waals surface area contributed by atoms with Gasteiger partial charge < -0.3 is 14.4 Å². The molecule has 0 saturated carbocycles. The largest absolute Gasteiger partial charge is 0.492 e. The van der Waals surface area contributed by atoms with Gasteiger partial charge in [0.25, 0.3) is 0 Å². The molecule has 0 bridgehead atoms. The van der Waals surface area contributed by atoms with Crippen LogP contribution in [-0.4, -0.2) is 32.4 Å². The summed E-state index contributed by atoms with van der Waals surface area (Å²) in [6, 6.07) is 20.4. The quantitative estimate of drug-likeness (QED) is 0.649. The molecule has 3 heteroatoms. The molecular weight excluding hydrogens is 286 g/mol. The fraction of sp³-hybridized carbons (Fsp3) is 0.400. The molecule has 0 spiro atoms. The van der Waals surface area contributed by atoms with Crippen LogP contribution in [0.2, 0.25) is 0 Å². The Morgan fingerprint density at radius 1 is 0.870 bits per heavy atom. The first-order chi connectivity index (χ1) is 11.3. The Labute approximate surface area is 139 Å². The van der Waals surface area contributed by atoms with E-state index in [4.69, 9.17) is 9.47 Å². The molecule has 0 radical (unpaired) electrons. The number of nitrogens with zero attached hydrogens (tertiary/aromatic N) is 1. The van der Waals surface area contributed by atoms with E-state index in [0.717, 1.165) is 31.9 Å². The predicted molar refractivity (Wildman–Crippen MR) is 96.3 cm³/mol. The molecule has 0 aromatic heterocycles. The third kappa shape index (κ3) is 6.33. The maximum absolute atomic E-state index is 5.83. The lowest BCUT2D eigenvalue weighted by Crippen LogP contribution is -2.32. The summed E-state index contributed by atoms with van der Waals surface area (Å²) in [5.41, 5.74) is 1.21. The highest BCUT2D eigenvalue weighted by Gasteiger charge is 2.07. The molecule has 0 fully saturated rings. The van der Waals surface area contributed by atoms with Crippen molar-refractivity contribution >= 4 is 5.69 Å². The molecule has 0 aliphatic rings. The second kappa shape index (κ2) is 9.90. The van der Waals surface area contributed by atoms with Crippen LogP contribution in [0, 0.1) is 0 Å². The number of para-hydroxylation sites is 2. The van der Waals surface area contributed by atoms with E-state index in [-0.39, 0.29) is 0 Å². The number of rotatable bonds is 10. The predicted octanol–water partition coefficient (Wildman–Crippen LogP) is 4.39. The molecule has 3 nitrogen and oxygen atoms in total. The van der Waals surface area contributed by atoms with Crippen molar-refractivity contribution in [2.24, 2.45) is 0 Å². The summed E-state index contributed by atoms with van der Waals surface area (Å²) in [5.74, 6) is 0.913. The van der Waals surface area contributed by atoms with Gasteiger partial charge in [-0.05, 0) is 37.6 Å². The fourth-order valence-electron chi connectivity index (χ4n) is 2.28. The summed E-state index contributed by atoms with van der Waals surface area (Å²) >= 11 is 0. The van der Waals surface area contributed by atoms with Crippen LogP contribution in [0.3, 0.4) is 0 Å². The van der Waals surface area contributed by atoms with E-state index in [0.29, 0.717) is 12.7 Å². The standard InChI is InChI=1S/C20H27NO2/c1-3-18(2)22-16-14-21(19-10-6-4-7-11-19)15-17-23-20-12-8-5-9-13-20/h4-13,18H,3,14-17H2,1-2H3. The first-order valence-corrected chi connectivity index (χ1v) is 8.39. The fourth-order valence-corrected chi connectivity index (χ4v) is 2.28. The third-order valence-electron chi connectivity index (χ3n) is 3.83. The van der Waals surface area contributed by atoms with Crippen LogP contribution in [0.5, 0.6) is 5.75 Å². The van der Waals surface area contributed by atoms with Crippen molar-refractivity contribution in [2.45, 2.75) is 26.4 Å². The van der Waals surface area contributed by atoms with Crippen molar-refractivity contribution in [1.82, 2.24) is 0 Å². The molecular formula is C20H27NO2. The molecule has 23 heavy (non-hydrogen) atoms. The minimum atomic E-state index is 0.313. The van der Waals surface area contributed by atoms with Gasteiger partial charge in [0.05, 0.1) is 19.3 Å². The van der Waals surface area contributed by atoms with Crippen LogP contribution < -0.4 is 9.64 Å². The second-order valence-electron chi connectivity index (χ2n) is 5.57. The first-order valence-electron chi connectivity index (χ1n) is 8.39. The summed E-state index contributed by atoms with van der Waals surface area (Å²) in [4.78, 5) is 2.31. The molecule has 0 heterocycles. The lowest BCUT2D eigenvalue weighted by atomic mass is 10.3. The number of hydrogen-bond acceptors (Lipinski definition) is 3. The van der Waals surface area contributed by atoms with Crippen molar-refractivity contribution in [2.75, 3.05) is 31.2 Å². The molecule has 2 aromatic rings. The van der Waals surface area contributed by atoms with Gasteiger partial charge in [-0.3, -0.25) is 0 Å². The average Bonchev–Trinajstić information content (AvgIpc) is 2.62. The third-order valence-corrected chi connectivity index (χ3v) is 3.83.